The van der Waals surface area contributed by atoms with Gasteiger partial charge in [0.25, 0.3) is 0 Å². The highest BCUT2D eigenvalue weighted by Gasteiger charge is 2.27. The molecule has 1 aliphatic rings. The molecule has 1 aromatic carbocycles. The molecule has 1 aromatic heterocycles. The molecule has 7 heteroatoms. The van der Waals surface area contributed by atoms with Crippen LogP contribution < -0.4 is 9.62 Å². The van der Waals surface area contributed by atoms with Crippen molar-refractivity contribution in [3.8, 4) is 11.3 Å². The first-order chi connectivity index (χ1) is 11.6. The molecule has 6 nitrogen and oxygen atoms in total. The monoisotopic (exact) mass is 346 g/mol. The molecule has 1 N–H and O–H groups in total. The normalized spacial score (nSPS) is 18.0. The van der Waals surface area contributed by atoms with Crippen molar-refractivity contribution in [2.45, 2.75) is 25.8 Å². The Morgan fingerprint density at radius 1 is 1.25 bits per heavy atom. The molecule has 1 aliphatic heterocycles. The number of anilines is 1. The Morgan fingerprint density at radius 2 is 2.04 bits per heavy atom. The topological polar surface area (TPSA) is 75.2 Å². The standard InChI is InChI=1S/C17H22N4O2S/c1-2-12-24(22,23)20-15-9-11-21(13-15)17-18-10-8-16(19-17)14-6-4-3-5-7-14/h3-8,10,15,20H,2,9,11-13H2,1H3. The van der Waals surface area contributed by atoms with Gasteiger partial charge in [0.05, 0.1) is 11.4 Å². The smallest absolute Gasteiger partial charge is 0.225 e. The van der Waals surface area contributed by atoms with Gasteiger partial charge in [-0.25, -0.2) is 23.1 Å². The van der Waals surface area contributed by atoms with Gasteiger partial charge in [0.1, 0.15) is 0 Å². The lowest BCUT2D eigenvalue weighted by atomic mass is 10.1. The van der Waals surface area contributed by atoms with Gasteiger partial charge in [-0.2, -0.15) is 0 Å². The summed E-state index contributed by atoms with van der Waals surface area (Å²) in [7, 11) is -3.19. The molecule has 1 unspecified atom stereocenters. The van der Waals surface area contributed by atoms with E-state index >= 15 is 0 Å². The quantitative estimate of drug-likeness (QED) is 0.866. The van der Waals surface area contributed by atoms with Crippen LogP contribution in [0.25, 0.3) is 11.3 Å². The summed E-state index contributed by atoms with van der Waals surface area (Å²) < 4.78 is 26.6. The molecule has 0 aliphatic carbocycles. The molecule has 2 aromatic rings. The largest absolute Gasteiger partial charge is 0.339 e. The molecule has 1 atom stereocenters. The Labute approximate surface area is 143 Å². The summed E-state index contributed by atoms with van der Waals surface area (Å²) in [5, 5.41) is 0. The zero-order valence-electron chi connectivity index (χ0n) is 13.7. The maximum Gasteiger partial charge on any atom is 0.225 e. The maximum atomic E-state index is 11.9. The van der Waals surface area contributed by atoms with Gasteiger partial charge in [-0.05, 0) is 18.9 Å². The Kier molecular flexibility index (Phi) is 5.11. The van der Waals surface area contributed by atoms with E-state index in [9.17, 15) is 8.42 Å². The van der Waals surface area contributed by atoms with Crippen LogP contribution >= 0.6 is 0 Å². The molecule has 0 radical (unpaired) electrons. The zero-order valence-corrected chi connectivity index (χ0v) is 14.5. The van der Waals surface area contributed by atoms with Gasteiger partial charge in [-0.15, -0.1) is 0 Å². The van der Waals surface area contributed by atoms with E-state index in [1.54, 1.807) is 6.20 Å². The van der Waals surface area contributed by atoms with Crippen molar-refractivity contribution in [2.75, 3.05) is 23.7 Å². The summed E-state index contributed by atoms with van der Waals surface area (Å²) in [6.07, 6.45) is 3.13. The van der Waals surface area contributed by atoms with E-state index in [4.69, 9.17) is 0 Å². The third kappa shape index (κ3) is 4.10. The third-order valence-electron chi connectivity index (χ3n) is 4.00. The van der Waals surface area contributed by atoms with Crippen LogP contribution in [0, 0.1) is 0 Å². The highest BCUT2D eigenvalue weighted by Crippen LogP contribution is 2.21. The molecule has 24 heavy (non-hydrogen) atoms. The number of nitrogens with one attached hydrogen (secondary N) is 1. The lowest BCUT2D eigenvalue weighted by molar-refractivity contribution is 0.560. The molecule has 1 saturated heterocycles. The van der Waals surface area contributed by atoms with Gasteiger partial charge in [0.2, 0.25) is 16.0 Å². The Bertz CT molecular complexity index is 780. The van der Waals surface area contributed by atoms with Crippen molar-refractivity contribution in [3.63, 3.8) is 0 Å². The van der Waals surface area contributed by atoms with E-state index in [0.717, 1.165) is 24.2 Å². The second-order valence-electron chi connectivity index (χ2n) is 5.98. The van der Waals surface area contributed by atoms with Crippen LogP contribution in [-0.2, 0) is 10.0 Å². The summed E-state index contributed by atoms with van der Waals surface area (Å²) >= 11 is 0. The number of hydrogen-bond donors (Lipinski definition) is 1. The van der Waals surface area contributed by atoms with Crippen LogP contribution in [0.5, 0.6) is 0 Å². The van der Waals surface area contributed by atoms with Crippen LogP contribution in [0.1, 0.15) is 19.8 Å². The van der Waals surface area contributed by atoms with Crippen LogP contribution in [0.4, 0.5) is 5.95 Å². The number of benzene rings is 1. The highest BCUT2D eigenvalue weighted by atomic mass is 32.2. The van der Waals surface area contributed by atoms with Crippen molar-refractivity contribution < 1.29 is 8.42 Å². The number of nitrogens with zero attached hydrogens (tertiary/aromatic N) is 3. The van der Waals surface area contributed by atoms with Gasteiger partial charge in [0.15, 0.2) is 0 Å². The molecule has 128 valence electrons. The minimum Gasteiger partial charge on any atom is -0.339 e. The van der Waals surface area contributed by atoms with Crippen molar-refractivity contribution in [3.05, 3.63) is 42.6 Å². The average molecular weight is 346 g/mol. The van der Waals surface area contributed by atoms with Gasteiger partial charge < -0.3 is 4.90 Å². The molecule has 0 spiro atoms. The van der Waals surface area contributed by atoms with Crippen molar-refractivity contribution >= 4 is 16.0 Å². The van der Waals surface area contributed by atoms with Gasteiger partial charge >= 0.3 is 0 Å². The van der Waals surface area contributed by atoms with E-state index < -0.39 is 10.0 Å². The van der Waals surface area contributed by atoms with E-state index in [0.29, 0.717) is 18.9 Å². The third-order valence-corrected chi connectivity index (χ3v) is 5.64. The lowest BCUT2D eigenvalue weighted by Crippen LogP contribution is -2.38. The summed E-state index contributed by atoms with van der Waals surface area (Å²) in [5.41, 5.74) is 1.91. The second-order valence-corrected chi connectivity index (χ2v) is 7.85. The number of aromatic nitrogens is 2. The SMILES string of the molecule is CCCS(=O)(=O)NC1CCN(c2nccc(-c3ccccc3)n2)C1. The molecular formula is C17H22N4O2S. The van der Waals surface area contributed by atoms with Crippen molar-refractivity contribution in [1.82, 2.24) is 14.7 Å². The Morgan fingerprint density at radius 3 is 2.79 bits per heavy atom. The van der Waals surface area contributed by atoms with E-state index in [1.165, 1.54) is 0 Å². The average Bonchev–Trinajstić information content (AvgIpc) is 3.03. The first-order valence-corrected chi connectivity index (χ1v) is 9.86. The molecule has 0 bridgehead atoms. The minimum atomic E-state index is -3.19. The molecule has 1 fully saturated rings. The van der Waals surface area contributed by atoms with E-state index in [1.807, 2.05) is 48.2 Å². The van der Waals surface area contributed by atoms with E-state index in [2.05, 4.69) is 14.7 Å². The molecule has 0 amide bonds. The lowest BCUT2D eigenvalue weighted by Gasteiger charge is -2.17. The van der Waals surface area contributed by atoms with Crippen molar-refractivity contribution in [2.24, 2.45) is 0 Å². The maximum absolute atomic E-state index is 11.9. The molecular weight excluding hydrogens is 324 g/mol. The number of sulfonamides is 1. The van der Waals surface area contributed by atoms with Gasteiger partial charge in [-0.3, -0.25) is 0 Å². The van der Waals surface area contributed by atoms with Gasteiger partial charge in [-0.1, -0.05) is 37.3 Å². The second kappa shape index (κ2) is 7.27. The molecule has 3 rings (SSSR count). The summed E-state index contributed by atoms with van der Waals surface area (Å²) in [5.74, 6) is 0.817. The first-order valence-electron chi connectivity index (χ1n) is 8.21. The predicted molar refractivity (Wildman–Crippen MR) is 95.3 cm³/mol. The Balaban J connectivity index is 1.70. The van der Waals surface area contributed by atoms with Crippen molar-refractivity contribution in [1.29, 1.82) is 0 Å². The number of rotatable bonds is 6. The first kappa shape index (κ1) is 16.9. The summed E-state index contributed by atoms with van der Waals surface area (Å²) in [6, 6.07) is 11.8. The predicted octanol–water partition coefficient (Wildman–Crippen LogP) is 2.05. The fourth-order valence-corrected chi connectivity index (χ4v) is 4.25. The van der Waals surface area contributed by atoms with Gasteiger partial charge in [0, 0.05) is 30.9 Å². The minimum absolute atomic E-state index is 0.0782. The fraction of sp³-hybridized carbons (Fsp3) is 0.412. The van der Waals surface area contributed by atoms with Crippen LogP contribution in [0.15, 0.2) is 42.6 Å². The molecule has 0 saturated carbocycles. The zero-order chi connectivity index (χ0) is 17.0. The Hall–Kier alpha value is -1.99. The summed E-state index contributed by atoms with van der Waals surface area (Å²) in [4.78, 5) is 11.0. The fourth-order valence-electron chi connectivity index (χ4n) is 2.89. The highest BCUT2D eigenvalue weighted by molar-refractivity contribution is 7.89. The number of hydrogen-bond acceptors (Lipinski definition) is 5. The van der Waals surface area contributed by atoms with E-state index in [-0.39, 0.29) is 11.8 Å². The summed E-state index contributed by atoms with van der Waals surface area (Å²) in [6.45, 7) is 3.21. The molecule has 2 heterocycles. The van der Waals surface area contributed by atoms with Crippen LogP contribution in [-0.4, -0.2) is 43.3 Å². The van der Waals surface area contributed by atoms with Crippen LogP contribution in [0.2, 0.25) is 0 Å². The van der Waals surface area contributed by atoms with Crippen LogP contribution in [0.3, 0.4) is 0 Å².